The third-order valence-corrected chi connectivity index (χ3v) is 1.78. The summed E-state index contributed by atoms with van der Waals surface area (Å²) in [7, 11) is 0. The molecule has 0 saturated carbocycles. The number of benzene rings is 1. The van der Waals surface area contributed by atoms with Gasteiger partial charge in [0.2, 0.25) is 0 Å². The average Bonchev–Trinajstić information content (AvgIpc) is 2.05. The van der Waals surface area contributed by atoms with Crippen LogP contribution in [0.2, 0.25) is 0 Å². The van der Waals surface area contributed by atoms with Gasteiger partial charge in [0.05, 0.1) is 0 Å². The molecule has 1 atom stereocenters. The Morgan fingerprint density at radius 2 is 1.91 bits per heavy atom. The number of rotatable bonds is 2. The molecule has 11 heavy (non-hydrogen) atoms. The first-order chi connectivity index (χ1) is 5.22. The average molecular weight is 169 g/mol. The Bertz CT molecular complexity index is 250. The molecule has 1 unspecified atom stereocenters. The van der Waals surface area contributed by atoms with E-state index < -0.39 is 10.3 Å². The lowest BCUT2D eigenvalue weighted by Gasteiger charge is -2.00. The first-order valence-corrected chi connectivity index (χ1v) is 3.60. The molecule has 1 aromatic carbocycles. The van der Waals surface area contributed by atoms with Crippen LogP contribution in [0.4, 0.5) is 0 Å². The number of nitro groups is 1. The third-order valence-electron chi connectivity index (χ3n) is 1.30. The fraction of sp³-hybridized carbons (Fsp3) is 0.143. The van der Waals surface area contributed by atoms with E-state index in [9.17, 15) is 10.1 Å². The Balaban J connectivity index is 2.85. The normalized spacial score (nSPS) is 12.5. The van der Waals surface area contributed by atoms with E-state index >= 15 is 0 Å². The second-order valence-corrected chi connectivity index (χ2v) is 2.56. The zero-order valence-corrected chi connectivity index (χ0v) is 6.57. The van der Waals surface area contributed by atoms with Gasteiger partial charge in [-0.15, -0.1) is 0 Å². The second kappa shape index (κ2) is 3.39. The maximum absolute atomic E-state index is 10.2. The minimum absolute atomic E-state index is 0.432. The lowest BCUT2D eigenvalue weighted by Crippen LogP contribution is -2.02. The summed E-state index contributed by atoms with van der Waals surface area (Å²) in [6, 6.07) is 8.68. The Morgan fingerprint density at radius 3 is 2.36 bits per heavy atom. The van der Waals surface area contributed by atoms with Gasteiger partial charge in [-0.05, 0) is 0 Å². The molecular weight excluding hydrogens is 162 g/mol. The number of hydrogen-bond donors (Lipinski definition) is 1. The highest BCUT2D eigenvalue weighted by atomic mass is 32.1. The van der Waals surface area contributed by atoms with Gasteiger partial charge in [-0.25, -0.2) is 0 Å². The Hall–Kier alpha value is -1.03. The minimum Gasteiger partial charge on any atom is -0.263 e. The largest absolute Gasteiger partial charge is 0.280 e. The molecular formula is C7H7NO2S. The van der Waals surface area contributed by atoms with E-state index in [0.717, 1.165) is 0 Å². The lowest BCUT2D eigenvalue weighted by molar-refractivity contribution is -0.500. The molecule has 4 heteroatoms. The molecule has 58 valence electrons. The van der Waals surface area contributed by atoms with Gasteiger partial charge in [-0.3, -0.25) is 10.1 Å². The quantitative estimate of drug-likeness (QED) is 0.318. The summed E-state index contributed by atoms with van der Waals surface area (Å²) in [5.74, 6) is 0. The van der Waals surface area contributed by atoms with E-state index in [0.29, 0.717) is 5.56 Å². The van der Waals surface area contributed by atoms with Crippen molar-refractivity contribution >= 4 is 12.6 Å². The van der Waals surface area contributed by atoms with Crippen molar-refractivity contribution in [2.45, 2.75) is 5.37 Å². The molecule has 1 aromatic rings. The van der Waals surface area contributed by atoms with Gasteiger partial charge in [0.25, 0.3) is 5.37 Å². The molecule has 0 amide bonds. The number of hydrogen-bond acceptors (Lipinski definition) is 3. The zero-order valence-electron chi connectivity index (χ0n) is 5.68. The number of nitrogens with zero attached hydrogens (tertiary/aromatic N) is 1. The molecule has 0 N–H and O–H groups in total. The third kappa shape index (κ3) is 1.94. The van der Waals surface area contributed by atoms with Gasteiger partial charge >= 0.3 is 0 Å². The van der Waals surface area contributed by atoms with Crippen molar-refractivity contribution < 1.29 is 4.92 Å². The number of thiol groups is 1. The highest BCUT2D eigenvalue weighted by Crippen LogP contribution is 2.18. The molecule has 0 spiro atoms. The van der Waals surface area contributed by atoms with Crippen LogP contribution in [0.5, 0.6) is 0 Å². The maximum Gasteiger partial charge on any atom is 0.280 e. The summed E-state index contributed by atoms with van der Waals surface area (Å²) in [4.78, 5) is 9.80. The van der Waals surface area contributed by atoms with Crippen LogP contribution in [-0.4, -0.2) is 4.92 Å². The van der Waals surface area contributed by atoms with Crippen LogP contribution >= 0.6 is 12.6 Å². The summed E-state index contributed by atoms with van der Waals surface area (Å²) in [6.45, 7) is 0. The predicted octanol–water partition coefficient (Wildman–Crippen LogP) is 1.89. The van der Waals surface area contributed by atoms with Crippen molar-refractivity contribution in [2.24, 2.45) is 0 Å². The lowest BCUT2D eigenvalue weighted by atomic mass is 10.2. The van der Waals surface area contributed by atoms with E-state index in [1.165, 1.54) is 0 Å². The van der Waals surface area contributed by atoms with E-state index in [4.69, 9.17) is 0 Å². The van der Waals surface area contributed by atoms with Gasteiger partial charge in [0.1, 0.15) is 0 Å². The second-order valence-electron chi connectivity index (χ2n) is 2.07. The van der Waals surface area contributed by atoms with Gasteiger partial charge in [-0.2, -0.15) is 0 Å². The summed E-state index contributed by atoms with van der Waals surface area (Å²) in [6.07, 6.45) is 0. The van der Waals surface area contributed by atoms with Crippen LogP contribution in [-0.2, 0) is 0 Å². The zero-order chi connectivity index (χ0) is 8.27. The van der Waals surface area contributed by atoms with Crippen molar-refractivity contribution in [1.82, 2.24) is 0 Å². The van der Waals surface area contributed by atoms with Crippen LogP contribution < -0.4 is 0 Å². The standard InChI is InChI=1S/C7H7NO2S/c9-8(10)7(11)6-4-2-1-3-5-6/h1-5,7,11H. The molecule has 0 heterocycles. The molecule has 0 aliphatic heterocycles. The first kappa shape index (κ1) is 8.07. The molecule has 1 rings (SSSR count). The van der Waals surface area contributed by atoms with Crippen molar-refractivity contribution in [3.63, 3.8) is 0 Å². The first-order valence-electron chi connectivity index (χ1n) is 3.08. The van der Waals surface area contributed by atoms with E-state index in [-0.39, 0.29) is 0 Å². The van der Waals surface area contributed by atoms with Crippen molar-refractivity contribution in [3.8, 4) is 0 Å². The minimum atomic E-state index is -0.906. The summed E-state index contributed by atoms with van der Waals surface area (Å²) >= 11 is 3.82. The fourth-order valence-corrected chi connectivity index (χ4v) is 0.919. The molecule has 0 aromatic heterocycles. The van der Waals surface area contributed by atoms with Crippen LogP contribution in [0.15, 0.2) is 30.3 Å². The van der Waals surface area contributed by atoms with Crippen LogP contribution in [0, 0.1) is 10.1 Å². The van der Waals surface area contributed by atoms with Gasteiger partial charge in [-0.1, -0.05) is 43.0 Å². The molecule has 3 nitrogen and oxygen atoms in total. The van der Waals surface area contributed by atoms with Crippen LogP contribution in [0.1, 0.15) is 10.9 Å². The van der Waals surface area contributed by atoms with Crippen molar-refractivity contribution in [1.29, 1.82) is 0 Å². The molecule has 0 aliphatic carbocycles. The Morgan fingerprint density at radius 1 is 1.36 bits per heavy atom. The highest BCUT2D eigenvalue weighted by Gasteiger charge is 2.15. The Labute approximate surface area is 69.6 Å². The van der Waals surface area contributed by atoms with Crippen LogP contribution in [0.3, 0.4) is 0 Å². The highest BCUT2D eigenvalue weighted by molar-refractivity contribution is 7.80. The molecule has 0 fully saturated rings. The summed E-state index contributed by atoms with van der Waals surface area (Å²) in [5.41, 5.74) is 0.612. The molecule has 0 saturated heterocycles. The van der Waals surface area contributed by atoms with Gasteiger partial charge < -0.3 is 0 Å². The van der Waals surface area contributed by atoms with Gasteiger partial charge in [0, 0.05) is 10.5 Å². The fourth-order valence-electron chi connectivity index (χ4n) is 0.747. The maximum atomic E-state index is 10.2. The summed E-state index contributed by atoms with van der Waals surface area (Å²) < 4.78 is 0. The van der Waals surface area contributed by atoms with E-state index in [1.54, 1.807) is 24.3 Å². The van der Waals surface area contributed by atoms with Gasteiger partial charge in [0.15, 0.2) is 0 Å². The Kier molecular flexibility index (Phi) is 2.48. The topological polar surface area (TPSA) is 43.1 Å². The predicted molar refractivity (Wildman–Crippen MR) is 45.2 cm³/mol. The van der Waals surface area contributed by atoms with Crippen LogP contribution in [0.25, 0.3) is 0 Å². The monoisotopic (exact) mass is 169 g/mol. The molecule has 0 radical (unpaired) electrons. The smallest absolute Gasteiger partial charge is 0.263 e. The molecule has 0 bridgehead atoms. The van der Waals surface area contributed by atoms with Crippen molar-refractivity contribution in [2.75, 3.05) is 0 Å². The SMILES string of the molecule is O=[N+]([O-])C(S)c1ccccc1. The molecule has 0 aliphatic rings. The van der Waals surface area contributed by atoms with Crippen molar-refractivity contribution in [3.05, 3.63) is 46.0 Å². The van der Waals surface area contributed by atoms with E-state index in [1.807, 2.05) is 6.07 Å². The van der Waals surface area contributed by atoms with E-state index in [2.05, 4.69) is 12.6 Å². The summed E-state index contributed by atoms with van der Waals surface area (Å²) in [5, 5.41) is 9.32.